The minimum atomic E-state index is -1.02. The van der Waals surface area contributed by atoms with Crippen LogP contribution in [0.5, 0.6) is 0 Å². The molecule has 2 atom stereocenters. The number of thioether (sulfide) groups is 1. The molecule has 0 spiro atoms. The Labute approximate surface area is 148 Å². The number of nitrogens with zero attached hydrogens (tertiary/aromatic N) is 3. The van der Waals surface area contributed by atoms with Gasteiger partial charge < -0.3 is 15.8 Å². The molecule has 0 amide bonds. The predicted octanol–water partition coefficient (Wildman–Crippen LogP) is 2.15. The Morgan fingerprint density at radius 3 is 2.56 bits per heavy atom. The standard InChI is InChI=1S/C17H17N5O2S/c18-14(16(23)24)13(11-4-2-1-3-5-11)10-25-17-20-15(21-22-17)12-6-8-19-9-7-12/h1-9,13-14H,10,18H2,(H,23,24)(H,20,21,22)/t13?,14-/m0/s1. The number of hydrogen-bond acceptors (Lipinski definition) is 6. The molecule has 2 heterocycles. The number of aliphatic carboxylic acids is 1. The molecule has 25 heavy (non-hydrogen) atoms. The molecule has 3 aromatic rings. The van der Waals surface area contributed by atoms with Crippen molar-refractivity contribution in [1.29, 1.82) is 0 Å². The van der Waals surface area contributed by atoms with E-state index >= 15 is 0 Å². The first kappa shape index (κ1) is 17.1. The Kier molecular flexibility index (Phi) is 5.42. The number of carboxylic acid groups (broad SMARTS) is 1. The van der Waals surface area contributed by atoms with Crippen molar-refractivity contribution in [3.8, 4) is 11.4 Å². The summed E-state index contributed by atoms with van der Waals surface area (Å²) in [5, 5.41) is 18.1. The highest BCUT2D eigenvalue weighted by Gasteiger charge is 2.26. The van der Waals surface area contributed by atoms with Crippen LogP contribution < -0.4 is 5.73 Å². The molecule has 7 nitrogen and oxygen atoms in total. The highest BCUT2D eigenvalue weighted by molar-refractivity contribution is 7.99. The van der Waals surface area contributed by atoms with Gasteiger partial charge in [-0.05, 0) is 17.7 Å². The molecule has 128 valence electrons. The molecule has 1 unspecified atom stereocenters. The van der Waals surface area contributed by atoms with Crippen molar-refractivity contribution in [1.82, 2.24) is 20.2 Å². The zero-order valence-corrected chi connectivity index (χ0v) is 14.1. The molecule has 4 N–H and O–H groups in total. The summed E-state index contributed by atoms with van der Waals surface area (Å²) in [7, 11) is 0. The zero-order chi connectivity index (χ0) is 17.6. The van der Waals surface area contributed by atoms with Crippen LogP contribution in [0.25, 0.3) is 11.4 Å². The normalized spacial score (nSPS) is 13.3. The van der Waals surface area contributed by atoms with Gasteiger partial charge in [0.1, 0.15) is 6.04 Å². The number of carbonyl (C=O) groups is 1. The summed E-state index contributed by atoms with van der Waals surface area (Å²) in [6, 6.07) is 12.1. The van der Waals surface area contributed by atoms with Gasteiger partial charge in [-0.2, -0.15) is 0 Å². The predicted molar refractivity (Wildman–Crippen MR) is 95.1 cm³/mol. The highest BCUT2D eigenvalue weighted by atomic mass is 32.2. The van der Waals surface area contributed by atoms with Gasteiger partial charge >= 0.3 is 5.97 Å². The second-order valence-corrected chi connectivity index (χ2v) is 6.42. The molecule has 0 radical (unpaired) electrons. The van der Waals surface area contributed by atoms with E-state index in [9.17, 15) is 9.90 Å². The van der Waals surface area contributed by atoms with Crippen molar-refractivity contribution in [2.45, 2.75) is 17.1 Å². The van der Waals surface area contributed by atoms with E-state index in [1.165, 1.54) is 11.8 Å². The smallest absolute Gasteiger partial charge is 0.321 e. The highest BCUT2D eigenvalue weighted by Crippen LogP contribution is 2.27. The number of carboxylic acids is 1. The Morgan fingerprint density at radius 1 is 1.16 bits per heavy atom. The van der Waals surface area contributed by atoms with Crippen molar-refractivity contribution in [3.05, 3.63) is 60.4 Å². The maximum atomic E-state index is 11.3. The molecule has 0 bridgehead atoms. The largest absolute Gasteiger partial charge is 0.480 e. The quantitative estimate of drug-likeness (QED) is 0.556. The van der Waals surface area contributed by atoms with E-state index in [2.05, 4.69) is 20.2 Å². The number of benzene rings is 1. The number of nitrogens with two attached hydrogens (primary N) is 1. The number of aromatic nitrogens is 4. The summed E-state index contributed by atoms with van der Waals surface area (Å²) in [4.78, 5) is 18.4. The second kappa shape index (κ2) is 7.91. The van der Waals surface area contributed by atoms with E-state index in [1.54, 1.807) is 12.4 Å². The first-order valence-corrected chi connectivity index (χ1v) is 8.63. The third kappa shape index (κ3) is 4.23. The molecule has 0 saturated carbocycles. The minimum absolute atomic E-state index is 0.335. The maximum Gasteiger partial charge on any atom is 0.321 e. The van der Waals surface area contributed by atoms with Gasteiger partial charge in [-0.15, -0.1) is 10.2 Å². The lowest BCUT2D eigenvalue weighted by Gasteiger charge is -2.20. The van der Waals surface area contributed by atoms with Crippen molar-refractivity contribution in [3.63, 3.8) is 0 Å². The molecule has 2 aromatic heterocycles. The molecule has 1 aromatic carbocycles. The van der Waals surface area contributed by atoms with Gasteiger partial charge in [-0.25, -0.2) is 0 Å². The van der Waals surface area contributed by atoms with Gasteiger partial charge in [-0.1, -0.05) is 42.1 Å². The fourth-order valence-corrected chi connectivity index (χ4v) is 3.40. The summed E-state index contributed by atoms with van der Waals surface area (Å²) in [6.45, 7) is 0. The number of H-pyrrole nitrogens is 1. The monoisotopic (exact) mass is 355 g/mol. The summed E-state index contributed by atoms with van der Waals surface area (Å²) in [5.41, 5.74) is 7.66. The van der Waals surface area contributed by atoms with Crippen LogP contribution >= 0.6 is 11.8 Å². The molecule has 0 aliphatic rings. The van der Waals surface area contributed by atoms with Crippen LogP contribution in [0.1, 0.15) is 11.5 Å². The van der Waals surface area contributed by atoms with Crippen LogP contribution in [0.3, 0.4) is 0 Å². The number of hydrogen-bond donors (Lipinski definition) is 3. The van der Waals surface area contributed by atoms with Crippen LogP contribution in [0, 0.1) is 0 Å². The third-order valence-electron chi connectivity index (χ3n) is 3.77. The number of rotatable bonds is 7. The first-order chi connectivity index (χ1) is 12.1. The number of aromatic amines is 1. The second-order valence-electron chi connectivity index (χ2n) is 5.41. The summed E-state index contributed by atoms with van der Waals surface area (Å²) >= 11 is 1.40. The number of nitrogens with one attached hydrogen (secondary N) is 1. The molecule has 0 saturated heterocycles. The van der Waals surface area contributed by atoms with E-state index in [0.29, 0.717) is 16.7 Å². The third-order valence-corrected chi connectivity index (χ3v) is 4.75. The Bertz CT molecular complexity index is 825. The van der Waals surface area contributed by atoms with Gasteiger partial charge in [0.25, 0.3) is 0 Å². The van der Waals surface area contributed by atoms with Crippen molar-refractivity contribution in [2.24, 2.45) is 5.73 Å². The minimum Gasteiger partial charge on any atom is -0.480 e. The van der Waals surface area contributed by atoms with Crippen LogP contribution in [-0.4, -0.2) is 43.0 Å². The summed E-state index contributed by atoms with van der Waals surface area (Å²) in [5.74, 6) is -0.242. The Hall–Kier alpha value is -2.71. The van der Waals surface area contributed by atoms with Gasteiger partial charge in [0.05, 0.1) is 0 Å². The van der Waals surface area contributed by atoms with Gasteiger partial charge in [0.15, 0.2) is 11.0 Å². The summed E-state index contributed by atoms with van der Waals surface area (Å²) < 4.78 is 0. The topological polar surface area (TPSA) is 118 Å². The molecule has 0 aliphatic heterocycles. The molecular formula is C17H17N5O2S. The van der Waals surface area contributed by atoms with E-state index in [0.717, 1.165) is 11.1 Å². The fourth-order valence-electron chi connectivity index (χ4n) is 2.40. The van der Waals surface area contributed by atoms with E-state index in [-0.39, 0.29) is 5.92 Å². The first-order valence-electron chi connectivity index (χ1n) is 7.64. The van der Waals surface area contributed by atoms with Gasteiger partial charge in [-0.3, -0.25) is 9.78 Å². The van der Waals surface area contributed by atoms with Gasteiger partial charge in [0, 0.05) is 29.6 Å². The van der Waals surface area contributed by atoms with Crippen LogP contribution in [-0.2, 0) is 4.79 Å². The van der Waals surface area contributed by atoms with Crippen LogP contribution in [0.4, 0.5) is 0 Å². The summed E-state index contributed by atoms with van der Waals surface area (Å²) in [6.07, 6.45) is 3.37. The van der Waals surface area contributed by atoms with E-state index < -0.39 is 12.0 Å². The Balaban J connectivity index is 1.73. The lowest BCUT2D eigenvalue weighted by atomic mass is 9.94. The molecule has 8 heteroatoms. The fraction of sp³-hybridized carbons (Fsp3) is 0.176. The number of pyridine rings is 1. The van der Waals surface area contributed by atoms with Crippen LogP contribution in [0.15, 0.2) is 60.0 Å². The van der Waals surface area contributed by atoms with Crippen molar-refractivity contribution >= 4 is 17.7 Å². The molecule has 0 fully saturated rings. The van der Waals surface area contributed by atoms with Gasteiger partial charge in [0.2, 0.25) is 0 Å². The average molecular weight is 355 g/mol. The maximum absolute atomic E-state index is 11.3. The average Bonchev–Trinajstić information content (AvgIpc) is 3.12. The zero-order valence-electron chi connectivity index (χ0n) is 13.2. The lowest BCUT2D eigenvalue weighted by molar-refractivity contribution is -0.138. The molecular weight excluding hydrogens is 338 g/mol. The SMILES string of the molecule is N[C@H](C(=O)O)C(CSc1nnc(-c2ccncc2)[nH]1)c1ccccc1. The van der Waals surface area contributed by atoms with E-state index in [4.69, 9.17) is 5.73 Å². The van der Waals surface area contributed by atoms with Crippen molar-refractivity contribution < 1.29 is 9.90 Å². The molecule has 3 rings (SSSR count). The van der Waals surface area contributed by atoms with Crippen molar-refractivity contribution in [2.75, 3.05) is 5.75 Å². The lowest BCUT2D eigenvalue weighted by Crippen LogP contribution is -2.37. The van der Waals surface area contributed by atoms with Crippen LogP contribution in [0.2, 0.25) is 0 Å². The molecule has 0 aliphatic carbocycles. The Morgan fingerprint density at radius 2 is 1.88 bits per heavy atom. The van der Waals surface area contributed by atoms with E-state index in [1.807, 2.05) is 42.5 Å².